The summed E-state index contributed by atoms with van der Waals surface area (Å²) in [6, 6.07) is 7.31. The third kappa shape index (κ3) is 5.86. The molecule has 2 amide bonds. The van der Waals surface area contributed by atoms with Gasteiger partial charge in [-0.15, -0.1) is 11.3 Å². The first kappa shape index (κ1) is 24.0. The molecule has 4 rings (SSSR count). The molecule has 2 aliphatic heterocycles. The fourth-order valence-corrected chi connectivity index (χ4v) is 5.54. The number of thiazole rings is 1. The molecule has 0 aliphatic carbocycles. The van der Waals surface area contributed by atoms with Crippen molar-refractivity contribution in [3.63, 3.8) is 0 Å². The van der Waals surface area contributed by atoms with E-state index in [0.717, 1.165) is 10.7 Å². The molecule has 178 valence electrons. The number of piperidine rings is 1. The molecule has 1 aromatic heterocycles. The van der Waals surface area contributed by atoms with E-state index in [4.69, 9.17) is 21.1 Å². The van der Waals surface area contributed by atoms with Gasteiger partial charge in [-0.05, 0) is 44.9 Å². The van der Waals surface area contributed by atoms with Gasteiger partial charge in [0.2, 0.25) is 5.91 Å². The smallest absolute Gasteiger partial charge is 0.265 e. The molecular weight excluding hydrogens is 462 g/mol. The summed E-state index contributed by atoms with van der Waals surface area (Å²) in [4.78, 5) is 35.1. The normalized spacial score (nSPS) is 18.3. The summed E-state index contributed by atoms with van der Waals surface area (Å²) in [5.41, 5.74) is 0.443. The van der Waals surface area contributed by atoms with Crippen molar-refractivity contribution in [3.05, 3.63) is 44.9 Å². The minimum absolute atomic E-state index is 0.0296. The van der Waals surface area contributed by atoms with Gasteiger partial charge in [-0.25, -0.2) is 4.98 Å². The van der Waals surface area contributed by atoms with Crippen LogP contribution in [0.1, 0.15) is 39.6 Å². The molecule has 7 nitrogen and oxygen atoms in total. The van der Waals surface area contributed by atoms with Crippen LogP contribution in [-0.2, 0) is 9.53 Å². The third-order valence-corrected chi connectivity index (χ3v) is 7.74. The lowest BCUT2D eigenvalue weighted by atomic mass is 9.75. The summed E-state index contributed by atoms with van der Waals surface area (Å²) in [6.45, 7) is 7.78. The molecular formula is C24H30ClN3O4S. The number of hydrogen-bond acceptors (Lipinski definition) is 6. The molecule has 3 heterocycles. The zero-order chi connectivity index (χ0) is 23.4. The molecule has 0 bridgehead atoms. The molecule has 0 radical (unpaired) electrons. The lowest BCUT2D eigenvalue weighted by Gasteiger charge is -2.42. The van der Waals surface area contributed by atoms with Gasteiger partial charge in [0.05, 0.1) is 30.5 Å². The molecule has 2 aromatic rings. The van der Waals surface area contributed by atoms with Crippen LogP contribution >= 0.6 is 22.9 Å². The summed E-state index contributed by atoms with van der Waals surface area (Å²) in [5, 5.41) is 1.51. The zero-order valence-electron chi connectivity index (χ0n) is 19.1. The Morgan fingerprint density at radius 2 is 1.88 bits per heavy atom. The number of nitrogens with zero attached hydrogens (tertiary/aromatic N) is 3. The average Bonchev–Trinajstić information content (AvgIpc) is 3.16. The Bertz CT molecular complexity index is 997. The maximum absolute atomic E-state index is 13.1. The van der Waals surface area contributed by atoms with E-state index >= 15 is 0 Å². The second-order valence-corrected chi connectivity index (χ2v) is 10.5. The van der Waals surface area contributed by atoms with Gasteiger partial charge >= 0.3 is 0 Å². The minimum Gasteiger partial charge on any atom is -0.493 e. The first-order chi connectivity index (χ1) is 15.8. The molecule has 0 saturated carbocycles. The van der Waals surface area contributed by atoms with Gasteiger partial charge in [-0.1, -0.05) is 17.7 Å². The van der Waals surface area contributed by atoms with Gasteiger partial charge in [-0.3, -0.25) is 9.59 Å². The molecule has 0 spiro atoms. The van der Waals surface area contributed by atoms with Gasteiger partial charge in [0.1, 0.15) is 10.6 Å². The molecule has 1 aromatic carbocycles. The highest BCUT2D eigenvalue weighted by molar-refractivity contribution is 7.13. The van der Waals surface area contributed by atoms with Crippen molar-refractivity contribution in [2.24, 2.45) is 5.41 Å². The quantitative estimate of drug-likeness (QED) is 0.611. The predicted molar refractivity (Wildman–Crippen MR) is 128 cm³/mol. The summed E-state index contributed by atoms with van der Waals surface area (Å²) in [6.07, 6.45) is 1.80. The van der Waals surface area contributed by atoms with Crippen molar-refractivity contribution < 1.29 is 19.1 Å². The van der Waals surface area contributed by atoms with Crippen molar-refractivity contribution in [2.45, 2.75) is 33.1 Å². The molecule has 0 unspecified atom stereocenters. The lowest BCUT2D eigenvalue weighted by molar-refractivity contribution is -0.139. The maximum atomic E-state index is 13.1. The Labute approximate surface area is 203 Å². The number of halogens is 1. The third-order valence-electron chi connectivity index (χ3n) is 6.44. The van der Waals surface area contributed by atoms with Crippen LogP contribution in [0.25, 0.3) is 0 Å². The number of ether oxygens (including phenoxy) is 2. The fraction of sp³-hybridized carbons (Fsp3) is 0.542. The van der Waals surface area contributed by atoms with Crippen molar-refractivity contribution in [3.8, 4) is 5.75 Å². The monoisotopic (exact) mass is 491 g/mol. The molecule has 33 heavy (non-hydrogen) atoms. The van der Waals surface area contributed by atoms with Gasteiger partial charge in [0.15, 0.2) is 0 Å². The van der Waals surface area contributed by atoms with Crippen LogP contribution in [0.15, 0.2) is 24.3 Å². The largest absolute Gasteiger partial charge is 0.493 e. The summed E-state index contributed by atoms with van der Waals surface area (Å²) >= 11 is 7.55. The number of morpholine rings is 1. The summed E-state index contributed by atoms with van der Waals surface area (Å²) in [7, 11) is 0. The highest BCUT2D eigenvalue weighted by atomic mass is 35.5. The Morgan fingerprint density at radius 3 is 2.52 bits per heavy atom. The highest BCUT2D eigenvalue weighted by Crippen LogP contribution is 2.37. The Kier molecular flexibility index (Phi) is 7.56. The van der Waals surface area contributed by atoms with Crippen LogP contribution in [0, 0.1) is 19.3 Å². The number of hydrogen-bond donors (Lipinski definition) is 0. The Morgan fingerprint density at radius 1 is 1.15 bits per heavy atom. The number of likely N-dealkylation sites (tertiary alicyclic amines) is 1. The van der Waals surface area contributed by atoms with Crippen LogP contribution in [0.4, 0.5) is 0 Å². The van der Waals surface area contributed by atoms with Crippen LogP contribution in [0.3, 0.4) is 0 Å². The first-order valence-corrected chi connectivity index (χ1v) is 12.5. The van der Waals surface area contributed by atoms with Gasteiger partial charge < -0.3 is 19.3 Å². The number of carbonyl (C=O) groups excluding carboxylic acids is 2. The van der Waals surface area contributed by atoms with Crippen molar-refractivity contribution >= 4 is 34.8 Å². The zero-order valence-corrected chi connectivity index (χ0v) is 20.7. The van der Waals surface area contributed by atoms with Crippen LogP contribution in [0.5, 0.6) is 5.75 Å². The SMILES string of the molecule is Cc1nc(C)c(C(=O)N2CCC(COc3cccc(Cl)c3)(CC(=O)N3CCOCC3)CC2)s1. The summed E-state index contributed by atoms with van der Waals surface area (Å²) in [5.74, 6) is 0.846. The molecule has 2 saturated heterocycles. The lowest BCUT2D eigenvalue weighted by Crippen LogP contribution is -2.49. The second-order valence-electron chi connectivity index (χ2n) is 8.86. The maximum Gasteiger partial charge on any atom is 0.265 e. The van der Waals surface area contributed by atoms with Gasteiger partial charge in [0.25, 0.3) is 5.91 Å². The predicted octanol–water partition coefficient (Wildman–Crippen LogP) is 3.96. The van der Waals surface area contributed by atoms with E-state index in [2.05, 4.69) is 4.98 Å². The number of amides is 2. The van der Waals surface area contributed by atoms with Gasteiger partial charge in [-0.2, -0.15) is 0 Å². The number of benzene rings is 1. The number of aromatic nitrogens is 1. The average molecular weight is 492 g/mol. The van der Waals surface area contributed by atoms with Crippen LogP contribution in [-0.4, -0.2) is 72.6 Å². The molecule has 9 heteroatoms. The first-order valence-electron chi connectivity index (χ1n) is 11.3. The molecule has 0 atom stereocenters. The van der Waals surface area contributed by atoms with Crippen LogP contribution in [0.2, 0.25) is 5.02 Å². The van der Waals surface area contributed by atoms with E-state index in [0.29, 0.717) is 80.9 Å². The Balaban J connectivity index is 1.46. The Hall–Kier alpha value is -2.16. The van der Waals surface area contributed by atoms with Crippen molar-refractivity contribution in [1.29, 1.82) is 0 Å². The van der Waals surface area contributed by atoms with Crippen molar-refractivity contribution in [2.75, 3.05) is 46.0 Å². The van der Waals surface area contributed by atoms with E-state index in [-0.39, 0.29) is 17.2 Å². The van der Waals surface area contributed by atoms with Gasteiger partial charge in [0, 0.05) is 43.0 Å². The number of rotatable bonds is 6. The van der Waals surface area contributed by atoms with E-state index in [9.17, 15) is 9.59 Å². The van der Waals surface area contributed by atoms with E-state index in [1.807, 2.05) is 35.8 Å². The molecule has 2 aliphatic rings. The molecule has 0 N–H and O–H groups in total. The van der Waals surface area contributed by atoms with Crippen molar-refractivity contribution in [1.82, 2.24) is 14.8 Å². The van der Waals surface area contributed by atoms with Crippen LogP contribution < -0.4 is 4.74 Å². The van der Waals surface area contributed by atoms with E-state index in [1.54, 1.807) is 12.1 Å². The second kappa shape index (κ2) is 10.4. The summed E-state index contributed by atoms with van der Waals surface area (Å²) < 4.78 is 11.5. The number of carbonyl (C=O) groups is 2. The minimum atomic E-state index is -0.340. The highest BCUT2D eigenvalue weighted by Gasteiger charge is 2.40. The number of aryl methyl sites for hydroxylation is 2. The standard InChI is InChI=1S/C24H30ClN3O4S/c1-17-22(33-18(2)26-17)23(30)28-8-6-24(7-9-28,15-21(29)27-10-12-31-13-11-27)16-32-20-5-3-4-19(25)14-20/h3-5,14H,6-13,15-16H2,1-2H3. The van der Waals surface area contributed by atoms with E-state index in [1.165, 1.54) is 11.3 Å². The topological polar surface area (TPSA) is 72.0 Å². The van der Waals surface area contributed by atoms with E-state index < -0.39 is 0 Å². The molecule has 2 fully saturated rings. The fourth-order valence-electron chi connectivity index (χ4n) is 4.47.